The molecule has 1 aromatic carbocycles. The number of hydrogen-bond acceptors (Lipinski definition) is 9. The summed E-state index contributed by atoms with van der Waals surface area (Å²) in [5.41, 5.74) is 1.50. The maximum absolute atomic E-state index is 13.1. The molecule has 0 N–H and O–H groups in total. The Balaban J connectivity index is 1.18. The van der Waals surface area contributed by atoms with Gasteiger partial charge >= 0.3 is 12.3 Å². The minimum atomic E-state index is -4.83. The highest BCUT2D eigenvalue weighted by molar-refractivity contribution is 5.88. The molecule has 4 heterocycles. The van der Waals surface area contributed by atoms with E-state index < -0.39 is 12.3 Å². The van der Waals surface area contributed by atoms with Crippen molar-refractivity contribution in [1.29, 1.82) is 0 Å². The first-order valence-electron chi connectivity index (χ1n) is 12.9. The molecule has 3 aliphatic rings. The van der Waals surface area contributed by atoms with Gasteiger partial charge in [-0.05, 0) is 50.7 Å². The van der Waals surface area contributed by atoms with E-state index >= 15 is 0 Å². The van der Waals surface area contributed by atoms with E-state index in [2.05, 4.69) is 24.8 Å². The maximum Gasteiger partial charge on any atom is 0.573 e. The van der Waals surface area contributed by atoms with Crippen molar-refractivity contribution in [2.45, 2.75) is 75.6 Å². The van der Waals surface area contributed by atoms with E-state index in [1.807, 2.05) is 0 Å². The number of rotatable bonds is 8. The second-order valence-corrected chi connectivity index (χ2v) is 10.2. The monoisotopic (exact) mass is 544 g/mol. The first kappa shape index (κ1) is 25.6. The Kier molecular flexibility index (Phi) is 6.66. The third-order valence-electron chi connectivity index (χ3n) is 7.58. The second-order valence-electron chi connectivity index (χ2n) is 10.2. The average molecular weight is 545 g/mol. The molecule has 6 rings (SSSR count). The van der Waals surface area contributed by atoms with Gasteiger partial charge in [0.15, 0.2) is 0 Å². The van der Waals surface area contributed by atoms with Crippen LogP contribution in [-0.4, -0.2) is 52.8 Å². The van der Waals surface area contributed by atoms with Crippen molar-refractivity contribution in [1.82, 2.24) is 15.1 Å². The number of carbonyl (C=O) groups is 1. The van der Waals surface area contributed by atoms with Crippen molar-refractivity contribution in [2.75, 3.05) is 12.0 Å². The quantitative estimate of drug-likeness (QED) is 0.345. The first-order chi connectivity index (χ1) is 18.8. The predicted octanol–water partition coefficient (Wildman–Crippen LogP) is 5.41. The minimum absolute atomic E-state index is 0.0513. The van der Waals surface area contributed by atoms with E-state index in [1.54, 1.807) is 12.1 Å². The molecule has 1 aliphatic carbocycles. The number of alkyl halides is 3. The Morgan fingerprint density at radius 1 is 1.08 bits per heavy atom. The Bertz CT molecular complexity index is 1330. The summed E-state index contributed by atoms with van der Waals surface area (Å²) >= 11 is 0. The molecule has 206 valence electrons. The molecular formula is C27H27F3N4O5. The lowest BCUT2D eigenvalue weighted by atomic mass is 9.99. The molecule has 12 heteroatoms. The van der Waals surface area contributed by atoms with E-state index in [0.717, 1.165) is 38.5 Å². The number of esters is 1. The van der Waals surface area contributed by atoms with E-state index in [1.165, 1.54) is 31.6 Å². The number of fused-ring (bicyclic) bond motifs is 2. The van der Waals surface area contributed by atoms with Crippen LogP contribution in [0, 0.1) is 0 Å². The molecule has 9 nitrogen and oxygen atoms in total. The summed E-state index contributed by atoms with van der Waals surface area (Å²) in [6, 6.07) is 6.31. The molecule has 2 saturated heterocycles. The Labute approximate surface area is 222 Å². The van der Waals surface area contributed by atoms with E-state index in [4.69, 9.17) is 14.0 Å². The molecule has 1 saturated carbocycles. The van der Waals surface area contributed by atoms with Crippen molar-refractivity contribution >= 4 is 11.9 Å². The van der Waals surface area contributed by atoms with Crippen LogP contribution in [0.2, 0.25) is 0 Å². The fraction of sp³-hybridized carbons (Fsp3) is 0.481. The Hall–Kier alpha value is -3.67. The Morgan fingerprint density at radius 2 is 1.77 bits per heavy atom. The average Bonchev–Trinajstić information content (AvgIpc) is 3.62. The number of nitrogens with zero attached hydrogens (tertiary/aromatic N) is 4. The molecule has 0 amide bonds. The van der Waals surface area contributed by atoms with Gasteiger partial charge in [0.2, 0.25) is 5.95 Å². The minimum Gasteiger partial charge on any atom is -0.465 e. The summed E-state index contributed by atoms with van der Waals surface area (Å²) in [5.74, 6) is 0.636. The van der Waals surface area contributed by atoms with E-state index in [-0.39, 0.29) is 42.0 Å². The summed E-state index contributed by atoms with van der Waals surface area (Å²) in [6.07, 6.45) is 3.42. The molecule has 0 unspecified atom stereocenters. The van der Waals surface area contributed by atoms with Crippen LogP contribution in [-0.2, 0) is 16.1 Å². The lowest BCUT2D eigenvalue weighted by Gasteiger charge is -2.38. The van der Waals surface area contributed by atoms with Crippen LogP contribution in [0.4, 0.5) is 19.1 Å². The first-order valence-corrected chi connectivity index (χ1v) is 12.9. The van der Waals surface area contributed by atoms with Gasteiger partial charge in [-0.25, -0.2) is 14.8 Å². The number of piperidine rings is 1. The molecule has 3 fully saturated rings. The summed E-state index contributed by atoms with van der Waals surface area (Å²) in [5, 5.41) is 4.16. The van der Waals surface area contributed by atoms with Crippen LogP contribution in [0.25, 0.3) is 11.3 Å². The normalized spacial score (nSPS) is 22.7. The predicted molar refractivity (Wildman–Crippen MR) is 131 cm³/mol. The van der Waals surface area contributed by atoms with E-state index in [9.17, 15) is 18.0 Å². The molecule has 39 heavy (non-hydrogen) atoms. The fourth-order valence-electron chi connectivity index (χ4n) is 5.68. The lowest BCUT2D eigenvalue weighted by molar-refractivity contribution is -0.274. The number of methoxy groups -OCH3 is 1. The van der Waals surface area contributed by atoms with Crippen LogP contribution in [0.3, 0.4) is 0 Å². The van der Waals surface area contributed by atoms with Gasteiger partial charge < -0.3 is 23.6 Å². The largest absolute Gasteiger partial charge is 0.573 e. The highest BCUT2D eigenvalue weighted by Gasteiger charge is 2.43. The van der Waals surface area contributed by atoms with Crippen molar-refractivity contribution < 1.29 is 36.7 Å². The molecule has 2 bridgehead atoms. The number of hydrogen-bond donors (Lipinski definition) is 0. The highest BCUT2D eigenvalue weighted by Crippen LogP contribution is 2.46. The van der Waals surface area contributed by atoms with Gasteiger partial charge in [0.1, 0.15) is 17.2 Å². The van der Waals surface area contributed by atoms with Gasteiger partial charge in [-0.3, -0.25) is 0 Å². The third-order valence-corrected chi connectivity index (χ3v) is 7.58. The molecule has 0 radical (unpaired) electrons. The molecule has 0 spiro atoms. The van der Waals surface area contributed by atoms with Gasteiger partial charge in [-0.15, -0.1) is 13.2 Å². The molecule has 3 aromatic rings. The third kappa shape index (κ3) is 5.29. The number of benzene rings is 1. The lowest BCUT2D eigenvalue weighted by Crippen LogP contribution is -2.46. The number of carbonyl (C=O) groups excluding carboxylic acids is 1. The van der Waals surface area contributed by atoms with Crippen LogP contribution >= 0.6 is 0 Å². The van der Waals surface area contributed by atoms with Gasteiger partial charge in [0.25, 0.3) is 0 Å². The van der Waals surface area contributed by atoms with Gasteiger partial charge in [-0.1, -0.05) is 17.3 Å². The van der Waals surface area contributed by atoms with Crippen molar-refractivity contribution in [3.63, 3.8) is 0 Å². The SMILES string of the molecule is COC(=O)c1cnc(N2[C@@H]3CC[C@H]2C[C@H](OCc2c(-c4ccccc4OC(F)(F)F)noc2C2CC2)C3)nc1. The van der Waals surface area contributed by atoms with Gasteiger partial charge in [-0.2, -0.15) is 0 Å². The van der Waals surface area contributed by atoms with Crippen molar-refractivity contribution in [3.05, 3.63) is 53.5 Å². The maximum atomic E-state index is 13.1. The van der Waals surface area contributed by atoms with Gasteiger partial charge in [0, 0.05) is 41.5 Å². The number of anilines is 1. The summed E-state index contributed by atoms with van der Waals surface area (Å²) in [7, 11) is 1.31. The van der Waals surface area contributed by atoms with Gasteiger partial charge in [0.05, 0.1) is 25.4 Å². The van der Waals surface area contributed by atoms with Crippen LogP contribution in [0.15, 0.2) is 41.2 Å². The van der Waals surface area contributed by atoms with Crippen molar-refractivity contribution in [3.8, 4) is 17.0 Å². The summed E-state index contributed by atoms with van der Waals surface area (Å²) < 4.78 is 60.2. The van der Waals surface area contributed by atoms with Crippen LogP contribution in [0.1, 0.15) is 66.1 Å². The van der Waals surface area contributed by atoms with Crippen LogP contribution < -0.4 is 9.64 Å². The zero-order chi connectivity index (χ0) is 27.1. The molecule has 2 aliphatic heterocycles. The summed E-state index contributed by atoms with van der Waals surface area (Å²) in [6.45, 7) is 0.180. The molecular weight excluding hydrogens is 517 g/mol. The second kappa shape index (κ2) is 10.1. The number of aromatic nitrogens is 3. The highest BCUT2D eigenvalue weighted by atomic mass is 19.4. The number of para-hydroxylation sites is 1. The number of ether oxygens (including phenoxy) is 3. The number of halogens is 3. The zero-order valence-electron chi connectivity index (χ0n) is 21.2. The summed E-state index contributed by atoms with van der Waals surface area (Å²) in [4.78, 5) is 22.7. The molecule has 3 atom stereocenters. The molecule has 2 aromatic heterocycles. The fourth-order valence-corrected chi connectivity index (χ4v) is 5.68. The topological polar surface area (TPSA) is 99.8 Å². The van der Waals surface area contributed by atoms with Crippen LogP contribution in [0.5, 0.6) is 5.75 Å². The standard InChI is InChI=1S/C27H27F3N4O5/c1-36-25(35)16-12-31-26(32-13-16)34-17-8-9-18(34)11-19(10-17)37-14-21-23(33-39-24(21)15-6-7-15)20-4-2-3-5-22(20)38-27(28,29)30/h2-5,12-13,15,17-19H,6-11,14H2,1H3/t17-,18+,19-. The Morgan fingerprint density at radius 3 is 2.41 bits per heavy atom. The van der Waals surface area contributed by atoms with E-state index in [0.29, 0.717) is 28.5 Å². The zero-order valence-corrected chi connectivity index (χ0v) is 21.2. The van der Waals surface area contributed by atoms with Crippen molar-refractivity contribution in [2.24, 2.45) is 0 Å². The smallest absolute Gasteiger partial charge is 0.465 e.